The van der Waals surface area contributed by atoms with Crippen LogP contribution in [0.4, 0.5) is 35.0 Å². The number of halogens is 5. The van der Waals surface area contributed by atoms with Gasteiger partial charge in [-0.1, -0.05) is 11.6 Å². The van der Waals surface area contributed by atoms with Crippen molar-refractivity contribution < 1.29 is 27.1 Å². The second-order valence-electron chi connectivity index (χ2n) is 6.98. The van der Waals surface area contributed by atoms with Crippen LogP contribution in [0.15, 0.2) is 48.9 Å². The number of alkyl halides is 3. The van der Waals surface area contributed by atoms with E-state index in [-0.39, 0.29) is 39.3 Å². The number of ether oxygens (including phenoxy) is 1. The molecule has 0 aliphatic heterocycles. The second kappa shape index (κ2) is 9.18. The van der Waals surface area contributed by atoms with Gasteiger partial charge in [0.1, 0.15) is 17.2 Å². The molecule has 14 heteroatoms. The van der Waals surface area contributed by atoms with Gasteiger partial charge in [0.2, 0.25) is 5.95 Å². The third kappa shape index (κ3) is 4.99. The molecule has 0 aliphatic rings. The normalized spacial score (nSPS) is 11.4. The number of pyridine rings is 1. The first-order chi connectivity index (χ1) is 16.6. The molecule has 0 unspecified atom stereocenters. The van der Waals surface area contributed by atoms with Crippen molar-refractivity contribution >= 4 is 35.0 Å². The molecule has 0 saturated carbocycles. The molecule has 3 aromatic heterocycles. The fourth-order valence-electron chi connectivity index (χ4n) is 3.00. The topological polar surface area (TPSA) is 121 Å². The first-order valence-electron chi connectivity index (χ1n) is 9.63. The number of nitrogens with two attached hydrogens (primary N) is 1. The summed E-state index contributed by atoms with van der Waals surface area (Å²) < 4.78 is 58.5. The summed E-state index contributed by atoms with van der Waals surface area (Å²) in [5, 5.41) is 6.21. The molecular weight excluding hydrogens is 494 g/mol. The number of carbonyl (C=O) groups is 1. The number of esters is 1. The van der Waals surface area contributed by atoms with E-state index in [9.17, 15) is 22.4 Å². The highest BCUT2D eigenvalue weighted by Crippen LogP contribution is 2.31. The summed E-state index contributed by atoms with van der Waals surface area (Å²) >= 11 is 5.79. The molecule has 0 saturated heterocycles. The molecule has 0 aliphatic carbocycles. The molecule has 9 nitrogen and oxygen atoms in total. The number of methoxy groups -OCH3 is 1. The fourth-order valence-corrected chi connectivity index (χ4v) is 3.18. The minimum Gasteiger partial charge on any atom is -0.465 e. The molecule has 3 N–H and O–H groups in total. The monoisotopic (exact) mass is 507 g/mol. The van der Waals surface area contributed by atoms with E-state index in [1.807, 2.05) is 0 Å². The molecule has 0 spiro atoms. The van der Waals surface area contributed by atoms with E-state index in [1.165, 1.54) is 30.6 Å². The minimum atomic E-state index is -4.69. The molecule has 0 radical (unpaired) electrons. The van der Waals surface area contributed by atoms with Crippen molar-refractivity contribution in [2.45, 2.75) is 6.18 Å². The van der Waals surface area contributed by atoms with Crippen LogP contribution in [0.3, 0.4) is 0 Å². The first kappa shape index (κ1) is 23.9. The third-order valence-corrected chi connectivity index (χ3v) is 4.97. The highest BCUT2D eigenvalue weighted by Gasteiger charge is 2.34. The van der Waals surface area contributed by atoms with Crippen LogP contribution in [0, 0.1) is 5.82 Å². The van der Waals surface area contributed by atoms with Gasteiger partial charge in [-0.05, 0) is 30.3 Å². The molecule has 35 heavy (non-hydrogen) atoms. The molecule has 4 rings (SSSR count). The molecular formula is C21H14ClF4N7O2. The third-order valence-electron chi connectivity index (χ3n) is 4.68. The van der Waals surface area contributed by atoms with Gasteiger partial charge in [0.25, 0.3) is 0 Å². The van der Waals surface area contributed by atoms with E-state index < -0.39 is 23.7 Å². The molecule has 180 valence electrons. The largest absolute Gasteiger partial charge is 0.465 e. The van der Waals surface area contributed by atoms with Crippen LogP contribution in [0.1, 0.15) is 16.1 Å². The van der Waals surface area contributed by atoms with Gasteiger partial charge in [0, 0.05) is 35.4 Å². The summed E-state index contributed by atoms with van der Waals surface area (Å²) in [7, 11) is 1.16. The number of aromatic nitrogens is 5. The van der Waals surface area contributed by atoms with Crippen LogP contribution in [0.25, 0.3) is 16.9 Å². The number of nitrogens with zero attached hydrogens (tertiary/aromatic N) is 5. The Bertz CT molecular complexity index is 1430. The maximum absolute atomic E-state index is 13.5. The summed E-state index contributed by atoms with van der Waals surface area (Å²) in [5.74, 6) is -1.62. The van der Waals surface area contributed by atoms with Crippen molar-refractivity contribution in [2.24, 2.45) is 0 Å². The maximum Gasteiger partial charge on any atom is 0.435 e. The van der Waals surface area contributed by atoms with Crippen LogP contribution in [0.2, 0.25) is 5.02 Å². The van der Waals surface area contributed by atoms with Gasteiger partial charge < -0.3 is 15.8 Å². The van der Waals surface area contributed by atoms with Gasteiger partial charge >= 0.3 is 12.1 Å². The van der Waals surface area contributed by atoms with E-state index >= 15 is 0 Å². The number of anilines is 3. The van der Waals surface area contributed by atoms with E-state index in [0.29, 0.717) is 5.69 Å². The van der Waals surface area contributed by atoms with Gasteiger partial charge in [-0.15, -0.1) is 0 Å². The highest BCUT2D eigenvalue weighted by molar-refractivity contribution is 6.31. The number of nitrogen functional groups attached to an aromatic ring is 1. The van der Waals surface area contributed by atoms with Crippen molar-refractivity contribution in [2.75, 3.05) is 18.2 Å². The predicted octanol–water partition coefficient (Wildman–Crippen LogP) is 4.65. The molecule has 0 amide bonds. The van der Waals surface area contributed by atoms with Gasteiger partial charge in [-0.3, -0.25) is 0 Å². The Balaban J connectivity index is 1.84. The van der Waals surface area contributed by atoms with Gasteiger partial charge in [-0.25, -0.2) is 23.8 Å². The molecule has 0 atom stereocenters. The van der Waals surface area contributed by atoms with Crippen LogP contribution in [-0.4, -0.2) is 37.8 Å². The van der Waals surface area contributed by atoms with E-state index in [1.54, 1.807) is 0 Å². The summed E-state index contributed by atoms with van der Waals surface area (Å²) in [6.45, 7) is 0. The number of carbonyl (C=O) groups excluding carboxylic acids is 1. The Kier molecular flexibility index (Phi) is 6.26. The van der Waals surface area contributed by atoms with E-state index in [4.69, 9.17) is 17.3 Å². The lowest BCUT2D eigenvalue weighted by Crippen LogP contribution is -2.11. The lowest BCUT2D eigenvalue weighted by atomic mass is 10.1. The van der Waals surface area contributed by atoms with Gasteiger partial charge in [0.15, 0.2) is 11.5 Å². The molecule has 4 aromatic rings. The fraction of sp³-hybridized carbons (Fsp3) is 0.0952. The first-order valence-corrected chi connectivity index (χ1v) is 10.0. The van der Waals surface area contributed by atoms with Crippen molar-refractivity contribution in [3.8, 4) is 16.9 Å². The summed E-state index contributed by atoms with van der Waals surface area (Å²) in [6.07, 6.45) is -1.03. The number of rotatable bonds is 5. The zero-order chi connectivity index (χ0) is 25.3. The Labute approximate surface area is 199 Å². The summed E-state index contributed by atoms with van der Waals surface area (Å²) in [6, 6.07) is 5.91. The second-order valence-corrected chi connectivity index (χ2v) is 7.38. The van der Waals surface area contributed by atoms with Crippen LogP contribution in [-0.2, 0) is 10.9 Å². The van der Waals surface area contributed by atoms with E-state index in [2.05, 4.69) is 30.1 Å². The lowest BCUT2D eigenvalue weighted by Gasteiger charge is -2.13. The number of nitrogens with one attached hydrogen (secondary N) is 1. The molecule has 1 aromatic carbocycles. The van der Waals surface area contributed by atoms with Gasteiger partial charge in [0.05, 0.1) is 12.1 Å². The van der Waals surface area contributed by atoms with Crippen molar-refractivity contribution in [1.82, 2.24) is 24.7 Å². The predicted molar refractivity (Wildman–Crippen MR) is 118 cm³/mol. The van der Waals surface area contributed by atoms with Crippen LogP contribution >= 0.6 is 11.6 Å². The average Bonchev–Trinajstić information content (AvgIpc) is 3.32. The van der Waals surface area contributed by atoms with Crippen molar-refractivity contribution in [3.05, 3.63) is 71.0 Å². The average molecular weight is 508 g/mol. The van der Waals surface area contributed by atoms with Crippen LogP contribution in [0.5, 0.6) is 0 Å². The lowest BCUT2D eigenvalue weighted by molar-refractivity contribution is -0.141. The number of hydrogen-bond acceptors (Lipinski definition) is 8. The Morgan fingerprint density at radius 1 is 1.17 bits per heavy atom. The number of benzene rings is 1. The van der Waals surface area contributed by atoms with Gasteiger partial charge in [-0.2, -0.15) is 23.3 Å². The zero-order valence-corrected chi connectivity index (χ0v) is 18.4. The smallest absolute Gasteiger partial charge is 0.435 e. The molecule has 0 bridgehead atoms. The number of hydrogen-bond donors (Lipinski definition) is 2. The maximum atomic E-state index is 13.5. The van der Waals surface area contributed by atoms with Crippen LogP contribution < -0.4 is 11.1 Å². The quantitative estimate of drug-likeness (QED) is 0.296. The van der Waals surface area contributed by atoms with Crippen molar-refractivity contribution in [3.63, 3.8) is 0 Å². The standard InChI is InChI=1S/C21H14ClF4N7O2/c1-35-19(34)12-6-10(8-28-17(12)27)13-9-29-20(30-11-2-3-15(23)14(22)7-11)31-18(13)33-5-4-16(32-33)21(24,25)26/h2-9H,1H3,(H2,27,28)(H,29,30,31). The zero-order valence-electron chi connectivity index (χ0n) is 17.6. The van der Waals surface area contributed by atoms with Crippen molar-refractivity contribution in [1.29, 1.82) is 0 Å². The Hall–Kier alpha value is -4.26. The highest BCUT2D eigenvalue weighted by atomic mass is 35.5. The van der Waals surface area contributed by atoms with E-state index in [0.717, 1.165) is 30.1 Å². The Morgan fingerprint density at radius 2 is 1.94 bits per heavy atom. The Morgan fingerprint density at radius 3 is 2.60 bits per heavy atom. The molecule has 3 heterocycles. The minimum absolute atomic E-state index is 0.0490. The summed E-state index contributed by atoms with van der Waals surface area (Å²) in [5.41, 5.74) is 5.31. The SMILES string of the molecule is COC(=O)c1cc(-c2cnc(Nc3ccc(F)c(Cl)c3)nc2-n2ccc(C(F)(F)F)n2)cnc1N. The summed E-state index contributed by atoms with van der Waals surface area (Å²) in [4.78, 5) is 24.4. The molecule has 0 fully saturated rings.